The molecule has 14 heavy (non-hydrogen) atoms. The van der Waals surface area contributed by atoms with Crippen molar-refractivity contribution in [2.24, 2.45) is 0 Å². The van der Waals surface area contributed by atoms with Crippen LogP contribution in [0.3, 0.4) is 0 Å². The molecule has 0 fully saturated rings. The van der Waals surface area contributed by atoms with Gasteiger partial charge in [-0.25, -0.2) is 4.79 Å². The Morgan fingerprint density at radius 2 is 2.00 bits per heavy atom. The minimum atomic E-state index is -4.18. The molecule has 0 aliphatic carbocycles. The van der Waals surface area contributed by atoms with Crippen LogP contribution in [-0.2, 0) is 14.9 Å². The summed E-state index contributed by atoms with van der Waals surface area (Å²) in [6.07, 6.45) is 1.17. The largest absolute Gasteiger partial charge is 1.00 e. The number of carboxylic acid groups (broad SMARTS) is 1. The van der Waals surface area contributed by atoms with Crippen LogP contribution in [0.15, 0.2) is 11.6 Å². The maximum Gasteiger partial charge on any atom is 1.00 e. The number of aliphatic carboxylic acids is 1. The van der Waals surface area contributed by atoms with E-state index in [-0.39, 0.29) is 64.8 Å². The third-order valence-corrected chi connectivity index (χ3v) is 2.79. The number of hydrogen-bond acceptors (Lipinski definition) is 3. The van der Waals surface area contributed by atoms with Gasteiger partial charge in [-0.15, -0.1) is 0 Å². The van der Waals surface area contributed by atoms with Crippen LogP contribution in [0, 0.1) is 0 Å². The first-order valence-corrected chi connectivity index (χ1v) is 5.17. The van der Waals surface area contributed by atoms with Crippen LogP contribution in [0.25, 0.3) is 0 Å². The van der Waals surface area contributed by atoms with E-state index in [1.807, 2.05) is 0 Å². The second kappa shape index (κ2) is 7.10. The quantitative estimate of drug-likeness (QED) is 0.335. The Morgan fingerprint density at radius 3 is 2.21 bits per heavy atom. The average molecular weight is 248 g/mol. The molecule has 0 aromatic heterocycles. The van der Waals surface area contributed by atoms with Gasteiger partial charge in [0.1, 0.15) is 5.25 Å². The third kappa shape index (κ3) is 6.28. The van der Waals surface area contributed by atoms with Gasteiger partial charge in [0.15, 0.2) is 0 Å². The molecule has 0 amide bonds. The van der Waals surface area contributed by atoms with Gasteiger partial charge in [0.25, 0.3) is 10.1 Å². The van der Waals surface area contributed by atoms with Crippen molar-refractivity contribution in [1.82, 2.24) is 0 Å². The van der Waals surface area contributed by atoms with Gasteiger partial charge in [0.05, 0.1) is 0 Å². The third-order valence-electron chi connectivity index (χ3n) is 1.56. The molecule has 2 N–H and O–H groups in total. The molecular weight excluding hydrogens is 235 g/mol. The Morgan fingerprint density at radius 1 is 1.57 bits per heavy atom. The molecule has 5 nitrogen and oxygen atoms in total. The molecule has 0 bridgehead atoms. The number of carbonyl (C=O) groups is 1. The SMILES string of the molecule is CCC(C=C(C)C(=O)O)S(=O)(=O)O.[H-].[K+]. The van der Waals surface area contributed by atoms with E-state index < -0.39 is 21.3 Å². The van der Waals surface area contributed by atoms with Gasteiger partial charge in [-0.05, 0) is 13.3 Å². The van der Waals surface area contributed by atoms with Crippen LogP contribution in [0.1, 0.15) is 21.7 Å². The fourth-order valence-corrected chi connectivity index (χ4v) is 1.56. The predicted octanol–water partition coefficient (Wildman–Crippen LogP) is -2.20. The van der Waals surface area contributed by atoms with Gasteiger partial charge in [-0.2, -0.15) is 8.42 Å². The first kappa shape index (κ1) is 17.2. The molecular formula is C7H13KO5S. The fraction of sp³-hybridized carbons (Fsp3) is 0.571. The molecule has 0 aromatic rings. The van der Waals surface area contributed by atoms with Gasteiger partial charge in [0, 0.05) is 5.57 Å². The minimum absolute atomic E-state index is 0. The molecule has 0 saturated heterocycles. The molecule has 0 radical (unpaired) electrons. The minimum Gasteiger partial charge on any atom is -1.00 e. The van der Waals surface area contributed by atoms with Gasteiger partial charge in [0.2, 0.25) is 0 Å². The molecule has 78 valence electrons. The maximum absolute atomic E-state index is 10.6. The Kier molecular flexibility index (Phi) is 8.70. The Hall–Kier alpha value is 0.756. The first-order valence-electron chi connectivity index (χ1n) is 3.67. The van der Waals surface area contributed by atoms with Crippen molar-refractivity contribution in [1.29, 1.82) is 0 Å². The Bertz CT molecular complexity index is 324. The van der Waals surface area contributed by atoms with Crippen LogP contribution >= 0.6 is 0 Å². The van der Waals surface area contributed by atoms with Crippen LogP contribution in [0.4, 0.5) is 0 Å². The van der Waals surface area contributed by atoms with Crippen LogP contribution < -0.4 is 51.4 Å². The predicted molar refractivity (Wildman–Crippen MR) is 48.1 cm³/mol. The van der Waals surface area contributed by atoms with Crippen molar-refractivity contribution in [2.75, 3.05) is 0 Å². The Labute approximate surface area is 127 Å². The van der Waals surface area contributed by atoms with E-state index in [2.05, 4.69) is 0 Å². The number of hydrogen-bond donors (Lipinski definition) is 2. The van der Waals surface area contributed by atoms with Crippen LogP contribution in [0.2, 0.25) is 0 Å². The fourth-order valence-electron chi connectivity index (χ4n) is 0.765. The summed E-state index contributed by atoms with van der Waals surface area (Å²) >= 11 is 0. The summed E-state index contributed by atoms with van der Waals surface area (Å²) in [6.45, 7) is 2.82. The molecule has 0 aliphatic rings. The molecule has 0 saturated carbocycles. The summed E-state index contributed by atoms with van der Waals surface area (Å²) in [4.78, 5) is 10.3. The van der Waals surface area contributed by atoms with E-state index in [9.17, 15) is 13.2 Å². The molecule has 0 heterocycles. The van der Waals surface area contributed by atoms with E-state index in [1.165, 1.54) is 6.92 Å². The average Bonchev–Trinajstić information content (AvgIpc) is 1.96. The summed E-state index contributed by atoms with van der Waals surface area (Å²) in [5.41, 5.74) is -0.0931. The summed E-state index contributed by atoms with van der Waals surface area (Å²) in [5.74, 6) is -1.19. The van der Waals surface area contributed by atoms with Crippen LogP contribution in [-0.4, -0.2) is 29.3 Å². The molecule has 0 aromatic carbocycles. The van der Waals surface area contributed by atoms with E-state index in [4.69, 9.17) is 9.66 Å². The molecule has 7 heteroatoms. The molecule has 0 rings (SSSR count). The monoisotopic (exact) mass is 248 g/mol. The van der Waals surface area contributed by atoms with Gasteiger partial charge in [-0.3, -0.25) is 4.55 Å². The standard InChI is InChI=1S/C7H12O5S.K.H/c1-3-6(13(10,11)12)4-5(2)7(8)9;;/h4,6H,3H2,1-2H3,(H,8,9)(H,10,11,12);;/q;+1;-1. The van der Waals surface area contributed by atoms with E-state index in [0.29, 0.717) is 0 Å². The normalized spacial score (nSPS) is 14.4. The second-order valence-electron chi connectivity index (χ2n) is 2.62. The molecule has 0 aliphatic heterocycles. The first-order chi connectivity index (χ1) is 5.79. The van der Waals surface area contributed by atoms with Crippen molar-refractivity contribution in [2.45, 2.75) is 25.5 Å². The van der Waals surface area contributed by atoms with Crippen molar-refractivity contribution in [3.8, 4) is 0 Å². The summed E-state index contributed by atoms with van der Waals surface area (Å²) in [6, 6.07) is 0. The summed E-state index contributed by atoms with van der Waals surface area (Å²) in [7, 11) is -4.18. The van der Waals surface area contributed by atoms with E-state index >= 15 is 0 Å². The van der Waals surface area contributed by atoms with Gasteiger partial charge < -0.3 is 6.53 Å². The second-order valence-corrected chi connectivity index (χ2v) is 4.25. The number of rotatable bonds is 4. The molecule has 0 spiro atoms. The van der Waals surface area contributed by atoms with Crippen molar-refractivity contribution < 1.29 is 75.7 Å². The van der Waals surface area contributed by atoms with Crippen LogP contribution in [0.5, 0.6) is 0 Å². The zero-order chi connectivity index (χ0) is 10.6. The molecule has 1 unspecified atom stereocenters. The zero-order valence-corrected chi connectivity index (χ0v) is 12.3. The number of carboxylic acids is 1. The van der Waals surface area contributed by atoms with Crippen molar-refractivity contribution >= 4 is 16.1 Å². The maximum atomic E-state index is 10.6. The van der Waals surface area contributed by atoms with E-state index in [0.717, 1.165) is 6.08 Å². The van der Waals surface area contributed by atoms with Gasteiger partial charge in [-0.1, -0.05) is 13.0 Å². The topological polar surface area (TPSA) is 91.7 Å². The molecule has 1 atom stereocenters. The van der Waals surface area contributed by atoms with Crippen molar-refractivity contribution in [3.05, 3.63) is 11.6 Å². The summed E-state index contributed by atoms with van der Waals surface area (Å²) < 4.78 is 29.9. The van der Waals surface area contributed by atoms with E-state index in [1.54, 1.807) is 6.92 Å². The van der Waals surface area contributed by atoms with Crippen molar-refractivity contribution in [3.63, 3.8) is 0 Å². The zero-order valence-electron chi connectivity index (χ0n) is 9.39. The Balaban J connectivity index is -0.000000720. The van der Waals surface area contributed by atoms with Gasteiger partial charge >= 0.3 is 57.4 Å². The summed E-state index contributed by atoms with van der Waals surface area (Å²) in [5, 5.41) is 7.31. The smallest absolute Gasteiger partial charge is 1.00 e.